The average molecular weight is 414 g/mol. The number of rotatable bonds is 3. The highest BCUT2D eigenvalue weighted by Gasteiger charge is 2.34. The van der Waals surface area contributed by atoms with Crippen molar-refractivity contribution in [1.29, 1.82) is 0 Å². The van der Waals surface area contributed by atoms with Gasteiger partial charge in [0.25, 0.3) is 5.91 Å². The summed E-state index contributed by atoms with van der Waals surface area (Å²) in [5, 5.41) is 8.88. The molecule has 0 saturated carbocycles. The summed E-state index contributed by atoms with van der Waals surface area (Å²) in [6.07, 6.45) is 1.29. The number of nitrogens with one attached hydrogen (secondary N) is 1. The Bertz CT molecular complexity index is 945. The van der Waals surface area contributed by atoms with Crippen LogP contribution >= 0.6 is 0 Å². The van der Waals surface area contributed by atoms with E-state index in [2.05, 4.69) is 0 Å². The van der Waals surface area contributed by atoms with E-state index < -0.39 is 11.9 Å². The number of carbonyl (C=O) groups excluding carboxylic acids is 2. The van der Waals surface area contributed by atoms with Crippen LogP contribution in [0.5, 0.6) is 5.75 Å². The van der Waals surface area contributed by atoms with Crippen molar-refractivity contribution in [1.82, 2.24) is 10.4 Å². The number of amides is 2. The van der Waals surface area contributed by atoms with Crippen molar-refractivity contribution in [2.45, 2.75) is 25.4 Å². The molecule has 1 saturated heterocycles. The normalized spacial score (nSPS) is 19.4. The Kier molecular flexibility index (Phi) is 5.96. The molecule has 0 aromatic heterocycles. The molecule has 0 spiro atoms. The molecule has 158 valence electrons. The molecule has 2 aliphatic rings. The topological polar surface area (TPSA) is 88.1 Å². The summed E-state index contributed by atoms with van der Waals surface area (Å²) in [7, 11) is 0. The molecule has 2 N–H and O–H groups in total. The minimum absolute atomic E-state index is 0.0128. The van der Waals surface area contributed by atoms with Gasteiger partial charge in [0, 0.05) is 30.3 Å². The number of carbonyl (C=O) groups is 2. The molecule has 2 aromatic rings. The van der Waals surface area contributed by atoms with E-state index in [9.17, 15) is 14.0 Å². The SMILES string of the molecule is O=C(NO)c1ccc2c(c1)OC[C@H](c1cccc(F)c1)N(C(=O)C1CCOCC1)C2. The van der Waals surface area contributed by atoms with Gasteiger partial charge in [-0.25, -0.2) is 9.87 Å². The van der Waals surface area contributed by atoms with E-state index in [-0.39, 0.29) is 36.4 Å². The van der Waals surface area contributed by atoms with Crippen molar-refractivity contribution in [2.75, 3.05) is 19.8 Å². The summed E-state index contributed by atoms with van der Waals surface area (Å²) >= 11 is 0. The molecule has 0 radical (unpaired) electrons. The van der Waals surface area contributed by atoms with Crippen LogP contribution in [-0.4, -0.2) is 41.7 Å². The van der Waals surface area contributed by atoms with Crippen LogP contribution in [0.15, 0.2) is 42.5 Å². The quantitative estimate of drug-likeness (QED) is 0.596. The summed E-state index contributed by atoms with van der Waals surface area (Å²) in [5.74, 6) is -0.742. The molecule has 30 heavy (non-hydrogen) atoms. The van der Waals surface area contributed by atoms with Gasteiger partial charge in [-0.1, -0.05) is 18.2 Å². The lowest BCUT2D eigenvalue weighted by Gasteiger charge is -2.34. The van der Waals surface area contributed by atoms with Crippen LogP contribution in [0.4, 0.5) is 4.39 Å². The maximum atomic E-state index is 13.9. The zero-order valence-corrected chi connectivity index (χ0v) is 16.3. The van der Waals surface area contributed by atoms with Gasteiger partial charge in [0.2, 0.25) is 5.91 Å². The third kappa shape index (κ3) is 4.15. The molecule has 0 aliphatic carbocycles. The molecule has 1 atom stereocenters. The first kappa shape index (κ1) is 20.3. The number of ether oxygens (including phenoxy) is 2. The number of hydroxylamine groups is 1. The van der Waals surface area contributed by atoms with Crippen LogP contribution < -0.4 is 10.2 Å². The van der Waals surface area contributed by atoms with Crippen LogP contribution in [0.25, 0.3) is 0 Å². The minimum atomic E-state index is -0.650. The van der Waals surface area contributed by atoms with Crippen molar-refractivity contribution in [3.63, 3.8) is 0 Å². The first-order valence-electron chi connectivity index (χ1n) is 9.90. The van der Waals surface area contributed by atoms with Gasteiger partial charge in [0.15, 0.2) is 0 Å². The Morgan fingerprint density at radius 1 is 1.13 bits per heavy atom. The van der Waals surface area contributed by atoms with E-state index in [1.807, 2.05) is 0 Å². The number of hydrogen-bond donors (Lipinski definition) is 2. The fourth-order valence-corrected chi connectivity index (χ4v) is 3.98. The summed E-state index contributed by atoms with van der Waals surface area (Å²) in [4.78, 5) is 26.9. The molecule has 8 heteroatoms. The fourth-order valence-electron chi connectivity index (χ4n) is 3.98. The summed E-state index contributed by atoms with van der Waals surface area (Å²) < 4.78 is 25.3. The van der Waals surface area contributed by atoms with Gasteiger partial charge < -0.3 is 14.4 Å². The maximum Gasteiger partial charge on any atom is 0.274 e. The molecule has 0 unspecified atom stereocenters. The monoisotopic (exact) mass is 414 g/mol. The standard InChI is InChI=1S/C22H23FN2O5/c23-18-3-1-2-15(10-18)19-13-30-20-11-16(21(26)24-28)4-5-17(20)12-25(19)22(27)14-6-8-29-9-7-14/h1-5,10-11,14,19,28H,6-9,12-13H2,(H,24,26)/t19-/m1/s1. The average Bonchev–Trinajstić information content (AvgIpc) is 2.98. The summed E-state index contributed by atoms with van der Waals surface area (Å²) in [5.41, 5.74) is 3.23. The van der Waals surface area contributed by atoms with Crippen LogP contribution in [0.2, 0.25) is 0 Å². The van der Waals surface area contributed by atoms with Crippen LogP contribution in [0.1, 0.15) is 40.4 Å². The molecule has 1 fully saturated rings. The molecule has 2 aliphatic heterocycles. The Labute approximate surface area is 173 Å². The van der Waals surface area contributed by atoms with Crippen LogP contribution in [0.3, 0.4) is 0 Å². The first-order valence-corrected chi connectivity index (χ1v) is 9.90. The molecule has 2 heterocycles. The maximum absolute atomic E-state index is 13.9. The predicted octanol–water partition coefficient (Wildman–Crippen LogP) is 2.83. The molecule has 4 rings (SSSR count). The van der Waals surface area contributed by atoms with Gasteiger partial charge in [-0.05, 0) is 42.7 Å². The molecule has 0 bridgehead atoms. The first-order chi connectivity index (χ1) is 14.6. The van der Waals surface area contributed by atoms with Gasteiger partial charge in [-0.15, -0.1) is 0 Å². The second-order valence-electron chi connectivity index (χ2n) is 7.50. The number of fused-ring (bicyclic) bond motifs is 1. The van der Waals surface area contributed by atoms with E-state index in [4.69, 9.17) is 14.7 Å². The van der Waals surface area contributed by atoms with Gasteiger partial charge in [0.05, 0.1) is 12.6 Å². The molecule has 7 nitrogen and oxygen atoms in total. The largest absolute Gasteiger partial charge is 0.491 e. The minimum Gasteiger partial charge on any atom is -0.491 e. The summed E-state index contributed by atoms with van der Waals surface area (Å²) in [6, 6.07) is 10.5. The highest BCUT2D eigenvalue weighted by Crippen LogP contribution is 2.34. The fraction of sp³-hybridized carbons (Fsp3) is 0.364. The lowest BCUT2D eigenvalue weighted by Crippen LogP contribution is -2.41. The van der Waals surface area contributed by atoms with Gasteiger partial charge in [-0.2, -0.15) is 0 Å². The van der Waals surface area contributed by atoms with E-state index in [0.29, 0.717) is 37.4 Å². The predicted molar refractivity (Wildman–Crippen MR) is 104 cm³/mol. The Hall–Kier alpha value is -2.97. The van der Waals surface area contributed by atoms with Gasteiger partial charge >= 0.3 is 0 Å². The zero-order valence-electron chi connectivity index (χ0n) is 16.3. The molecule has 2 amide bonds. The smallest absolute Gasteiger partial charge is 0.274 e. The van der Waals surface area contributed by atoms with Crippen molar-refractivity contribution in [3.05, 3.63) is 65.0 Å². The number of nitrogens with zero attached hydrogens (tertiary/aromatic N) is 1. The second kappa shape index (κ2) is 8.81. The number of halogens is 1. The Morgan fingerprint density at radius 2 is 1.93 bits per heavy atom. The number of hydrogen-bond acceptors (Lipinski definition) is 5. The Morgan fingerprint density at radius 3 is 2.67 bits per heavy atom. The molecule has 2 aromatic carbocycles. The van der Waals surface area contributed by atoms with E-state index in [1.54, 1.807) is 34.6 Å². The lowest BCUT2D eigenvalue weighted by atomic mass is 9.96. The third-order valence-electron chi connectivity index (χ3n) is 5.63. The van der Waals surface area contributed by atoms with E-state index >= 15 is 0 Å². The summed E-state index contributed by atoms with van der Waals surface area (Å²) in [6.45, 7) is 1.48. The third-order valence-corrected chi connectivity index (χ3v) is 5.63. The highest BCUT2D eigenvalue weighted by atomic mass is 19.1. The van der Waals surface area contributed by atoms with E-state index in [0.717, 1.165) is 5.56 Å². The lowest BCUT2D eigenvalue weighted by molar-refractivity contribution is -0.142. The van der Waals surface area contributed by atoms with Gasteiger partial charge in [0.1, 0.15) is 18.2 Å². The molecular formula is C22H23FN2O5. The zero-order chi connectivity index (χ0) is 21.1. The van der Waals surface area contributed by atoms with Crippen molar-refractivity contribution < 1.29 is 28.7 Å². The Balaban J connectivity index is 1.69. The van der Waals surface area contributed by atoms with Gasteiger partial charge in [-0.3, -0.25) is 14.8 Å². The highest BCUT2D eigenvalue weighted by molar-refractivity contribution is 5.93. The van der Waals surface area contributed by atoms with Crippen molar-refractivity contribution >= 4 is 11.8 Å². The second-order valence-corrected chi connectivity index (χ2v) is 7.50. The van der Waals surface area contributed by atoms with Crippen LogP contribution in [0, 0.1) is 11.7 Å². The van der Waals surface area contributed by atoms with Crippen molar-refractivity contribution in [3.8, 4) is 5.75 Å². The van der Waals surface area contributed by atoms with Crippen LogP contribution in [-0.2, 0) is 16.1 Å². The van der Waals surface area contributed by atoms with Crippen molar-refractivity contribution in [2.24, 2.45) is 5.92 Å². The molecular weight excluding hydrogens is 391 g/mol. The number of benzene rings is 2. The van der Waals surface area contributed by atoms with E-state index in [1.165, 1.54) is 18.2 Å².